The molecule has 12 heavy (non-hydrogen) atoms. The first-order valence-corrected chi connectivity index (χ1v) is 3.92. The highest BCUT2D eigenvalue weighted by Gasteiger charge is 2.00. The average molecular weight is 178 g/mol. The van der Waals surface area contributed by atoms with E-state index in [2.05, 4.69) is 11.4 Å². The largest absolute Gasteiger partial charge is 0.238 e. The smallest absolute Gasteiger partial charge is 0.190 e. The van der Waals surface area contributed by atoms with Crippen molar-refractivity contribution in [2.45, 2.75) is 6.42 Å². The predicted octanol–water partition coefficient (Wildman–Crippen LogP) is 3.62. The van der Waals surface area contributed by atoms with Crippen molar-refractivity contribution in [1.29, 1.82) is 0 Å². The number of hydrogen-bond acceptors (Lipinski definition) is 0. The van der Waals surface area contributed by atoms with E-state index >= 15 is 0 Å². The van der Waals surface area contributed by atoms with Crippen LogP contribution in [0.3, 0.4) is 0 Å². The van der Waals surface area contributed by atoms with Gasteiger partial charge in [-0.2, -0.15) is 0 Å². The van der Waals surface area contributed by atoms with Gasteiger partial charge in [0, 0.05) is 5.02 Å². The Hall–Kier alpha value is -1.26. The van der Waals surface area contributed by atoms with Crippen LogP contribution in [-0.4, -0.2) is 0 Å². The van der Waals surface area contributed by atoms with Crippen molar-refractivity contribution < 1.29 is 0 Å². The Morgan fingerprint density at radius 3 is 2.92 bits per heavy atom. The molecule has 0 saturated carbocycles. The summed E-state index contributed by atoms with van der Waals surface area (Å²) in [6.45, 7) is 10.5. The molecule has 0 aliphatic rings. The van der Waals surface area contributed by atoms with Crippen LogP contribution in [0.25, 0.3) is 4.85 Å². The van der Waals surface area contributed by atoms with Crippen LogP contribution >= 0.6 is 11.6 Å². The molecule has 1 aromatic carbocycles. The molecule has 0 fully saturated rings. The quantitative estimate of drug-likeness (QED) is 0.480. The Morgan fingerprint density at radius 1 is 1.58 bits per heavy atom. The van der Waals surface area contributed by atoms with Crippen molar-refractivity contribution in [3.05, 3.63) is 52.9 Å². The van der Waals surface area contributed by atoms with Crippen molar-refractivity contribution in [1.82, 2.24) is 0 Å². The van der Waals surface area contributed by atoms with Crippen LogP contribution in [0.2, 0.25) is 5.02 Å². The lowest BCUT2D eigenvalue weighted by atomic mass is 10.1. The number of rotatable bonds is 2. The Kier molecular flexibility index (Phi) is 2.90. The highest BCUT2D eigenvalue weighted by Crippen LogP contribution is 2.23. The van der Waals surface area contributed by atoms with Gasteiger partial charge in [0.1, 0.15) is 0 Å². The minimum absolute atomic E-state index is 0.652. The van der Waals surface area contributed by atoms with Gasteiger partial charge in [-0.25, -0.2) is 4.85 Å². The van der Waals surface area contributed by atoms with Gasteiger partial charge in [-0.3, -0.25) is 0 Å². The average Bonchev–Trinajstić information content (AvgIpc) is 2.05. The van der Waals surface area contributed by atoms with Gasteiger partial charge in [-0.15, -0.1) is 6.58 Å². The van der Waals surface area contributed by atoms with E-state index < -0.39 is 0 Å². The maximum absolute atomic E-state index is 6.88. The summed E-state index contributed by atoms with van der Waals surface area (Å²) in [4.78, 5) is 3.37. The SMILES string of the molecule is [C-]#[N+]c1ccc(Cl)cc1CC=C. The first-order chi connectivity index (χ1) is 5.77. The Morgan fingerprint density at radius 2 is 2.33 bits per heavy atom. The summed E-state index contributed by atoms with van der Waals surface area (Å²) in [5.41, 5.74) is 1.59. The van der Waals surface area contributed by atoms with Gasteiger partial charge >= 0.3 is 0 Å². The molecule has 0 bridgehead atoms. The maximum atomic E-state index is 6.88. The fraction of sp³-hybridized carbons (Fsp3) is 0.100. The molecule has 0 aliphatic heterocycles. The Balaban J connectivity index is 3.14. The summed E-state index contributed by atoms with van der Waals surface area (Å²) in [7, 11) is 0. The van der Waals surface area contributed by atoms with Gasteiger partial charge in [-0.05, 0) is 12.0 Å². The summed E-state index contributed by atoms with van der Waals surface area (Å²) in [5, 5.41) is 0.666. The van der Waals surface area contributed by atoms with Gasteiger partial charge in [-0.1, -0.05) is 35.9 Å². The van der Waals surface area contributed by atoms with E-state index in [9.17, 15) is 0 Å². The van der Waals surface area contributed by atoms with Gasteiger partial charge in [0.05, 0.1) is 6.57 Å². The maximum Gasteiger partial charge on any atom is 0.190 e. The normalized spacial score (nSPS) is 9.00. The van der Waals surface area contributed by atoms with E-state index in [4.69, 9.17) is 18.2 Å². The number of halogens is 1. The number of hydrogen-bond donors (Lipinski definition) is 0. The Bertz CT molecular complexity index is 336. The van der Waals surface area contributed by atoms with E-state index in [-0.39, 0.29) is 0 Å². The molecule has 1 nitrogen and oxygen atoms in total. The molecule has 60 valence electrons. The second kappa shape index (κ2) is 3.94. The minimum atomic E-state index is 0.652. The van der Waals surface area contributed by atoms with Crippen LogP contribution in [0.4, 0.5) is 5.69 Å². The van der Waals surface area contributed by atoms with Crippen LogP contribution < -0.4 is 0 Å². The summed E-state index contributed by atoms with van der Waals surface area (Å²) in [6.07, 6.45) is 2.46. The molecule has 1 rings (SSSR count). The molecular weight excluding hydrogens is 170 g/mol. The molecule has 0 atom stereocenters. The summed E-state index contributed by atoms with van der Waals surface area (Å²) in [5.74, 6) is 0. The fourth-order valence-electron chi connectivity index (χ4n) is 0.982. The molecule has 0 aliphatic carbocycles. The van der Waals surface area contributed by atoms with Crippen molar-refractivity contribution in [3.8, 4) is 0 Å². The molecule has 0 N–H and O–H groups in total. The Labute approximate surface area is 77.1 Å². The molecule has 2 heteroatoms. The summed E-state index contributed by atoms with van der Waals surface area (Å²) in [6, 6.07) is 5.26. The molecule has 0 spiro atoms. The third kappa shape index (κ3) is 1.87. The minimum Gasteiger partial charge on any atom is -0.238 e. The topological polar surface area (TPSA) is 4.36 Å². The lowest BCUT2D eigenvalue weighted by molar-refractivity contribution is 1.29. The van der Waals surface area contributed by atoms with Crippen LogP contribution in [0, 0.1) is 6.57 Å². The van der Waals surface area contributed by atoms with E-state index in [0.29, 0.717) is 17.1 Å². The van der Waals surface area contributed by atoms with Crippen LogP contribution in [0.5, 0.6) is 0 Å². The molecule has 0 aromatic heterocycles. The fourth-order valence-corrected chi connectivity index (χ4v) is 1.18. The highest BCUT2D eigenvalue weighted by atomic mass is 35.5. The van der Waals surface area contributed by atoms with Crippen LogP contribution in [0.15, 0.2) is 30.9 Å². The first-order valence-electron chi connectivity index (χ1n) is 3.54. The van der Waals surface area contributed by atoms with Gasteiger partial charge < -0.3 is 0 Å². The molecule has 0 heterocycles. The van der Waals surface area contributed by atoms with Crippen LogP contribution in [-0.2, 0) is 6.42 Å². The zero-order chi connectivity index (χ0) is 8.97. The van der Waals surface area contributed by atoms with Gasteiger partial charge in [0.2, 0.25) is 0 Å². The van der Waals surface area contributed by atoms with E-state index in [1.807, 2.05) is 0 Å². The number of nitrogens with zero attached hydrogens (tertiary/aromatic N) is 1. The number of benzene rings is 1. The van der Waals surface area contributed by atoms with Crippen molar-refractivity contribution in [2.24, 2.45) is 0 Å². The first kappa shape index (κ1) is 8.83. The van der Waals surface area contributed by atoms with E-state index in [0.717, 1.165) is 5.56 Å². The van der Waals surface area contributed by atoms with Crippen molar-refractivity contribution >= 4 is 17.3 Å². The highest BCUT2D eigenvalue weighted by molar-refractivity contribution is 6.30. The second-order valence-electron chi connectivity index (χ2n) is 2.38. The van der Waals surface area contributed by atoms with E-state index in [1.165, 1.54) is 0 Å². The molecule has 1 aromatic rings. The lowest BCUT2D eigenvalue weighted by Gasteiger charge is -1.99. The summed E-state index contributed by atoms with van der Waals surface area (Å²) < 4.78 is 0. The third-order valence-electron chi connectivity index (χ3n) is 1.53. The molecule has 0 radical (unpaired) electrons. The molecule has 0 unspecified atom stereocenters. The van der Waals surface area contributed by atoms with Crippen molar-refractivity contribution in [3.63, 3.8) is 0 Å². The van der Waals surface area contributed by atoms with Crippen LogP contribution in [0.1, 0.15) is 5.56 Å². The van der Waals surface area contributed by atoms with E-state index in [1.54, 1.807) is 24.3 Å². The second-order valence-corrected chi connectivity index (χ2v) is 2.81. The molecule has 0 amide bonds. The zero-order valence-corrected chi connectivity index (χ0v) is 7.30. The van der Waals surface area contributed by atoms with Gasteiger partial charge in [0.15, 0.2) is 5.69 Å². The summed E-state index contributed by atoms with van der Waals surface area (Å²) >= 11 is 5.77. The zero-order valence-electron chi connectivity index (χ0n) is 6.55. The lowest BCUT2D eigenvalue weighted by Crippen LogP contribution is -1.80. The predicted molar refractivity (Wildman–Crippen MR) is 51.6 cm³/mol. The standard InChI is InChI=1S/C10H8ClN/c1-3-4-8-7-9(11)5-6-10(8)12-2/h3,5-7H,1,4H2. The monoisotopic (exact) mass is 177 g/mol. The molecular formula is C10H8ClN. The number of allylic oxidation sites excluding steroid dienone is 1. The molecule has 0 saturated heterocycles. The third-order valence-corrected chi connectivity index (χ3v) is 1.76. The van der Waals surface area contributed by atoms with Crippen molar-refractivity contribution in [2.75, 3.05) is 0 Å². The van der Waals surface area contributed by atoms with Gasteiger partial charge in [0.25, 0.3) is 0 Å².